The molecule has 12 rings (SSSR count). The van der Waals surface area contributed by atoms with Crippen LogP contribution in [0.25, 0.3) is 33.5 Å². The second-order valence-electron chi connectivity index (χ2n) is 24.9. The number of aromatic nitrogens is 2. The zero-order valence-corrected chi connectivity index (χ0v) is 54.5. The van der Waals surface area contributed by atoms with Crippen molar-refractivity contribution in [3.8, 4) is 56.8 Å². The number of likely N-dealkylation sites (tertiary alicyclic amines) is 2. The predicted octanol–water partition coefficient (Wildman–Crippen LogP) is 6.99. The maximum absolute atomic E-state index is 14.6. The average Bonchev–Trinajstić information content (AvgIpc) is 1.70. The number of esters is 1. The third-order valence-corrected chi connectivity index (χ3v) is 17.9. The Labute approximate surface area is 566 Å². The van der Waals surface area contributed by atoms with Gasteiger partial charge in [0.25, 0.3) is 0 Å². The summed E-state index contributed by atoms with van der Waals surface area (Å²) in [4.78, 5) is 83.1. The third kappa shape index (κ3) is 18.8. The molecule has 5 amide bonds. The average molecular weight is 1350 g/mol. The van der Waals surface area contributed by atoms with Crippen LogP contribution in [-0.4, -0.2) is 155 Å². The molecule has 3 aliphatic heterocycles. The Morgan fingerprint density at radius 1 is 0.602 bits per heavy atom. The van der Waals surface area contributed by atoms with Gasteiger partial charge in [-0.2, -0.15) is 5.26 Å². The van der Waals surface area contributed by atoms with Crippen molar-refractivity contribution in [1.29, 1.82) is 5.26 Å². The minimum Gasteiger partial charge on any atom is -0.490 e. The Balaban J connectivity index is 0.000000159. The topological polar surface area (TPSA) is 359 Å². The highest BCUT2D eigenvalue weighted by molar-refractivity contribution is 5.98. The number of aliphatic hydroxyl groups excluding tert-OH is 2. The molecule has 2 unspecified atom stereocenters. The lowest BCUT2D eigenvalue weighted by Crippen LogP contribution is -2.50. The first-order valence-corrected chi connectivity index (χ1v) is 33.1. The summed E-state index contributed by atoms with van der Waals surface area (Å²) < 4.78 is 57.6. The molecule has 3 saturated carbocycles. The molecule has 3 saturated heterocycles. The Morgan fingerprint density at radius 2 is 1.14 bits per heavy atom. The highest BCUT2D eigenvalue weighted by Gasteiger charge is 2.49. The number of carbonyl (C=O) groups excluding carboxylic acids is 6. The van der Waals surface area contributed by atoms with Crippen LogP contribution < -0.4 is 47.4 Å². The molecule has 98 heavy (non-hydrogen) atoms. The highest BCUT2D eigenvalue weighted by Crippen LogP contribution is 2.42. The van der Waals surface area contributed by atoms with Crippen molar-refractivity contribution < 1.29 is 71.4 Å². The molecular formula is C72H83F2N11O13. The van der Waals surface area contributed by atoms with Crippen molar-refractivity contribution in [3.05, 3.63) is 132 Å². The molecule has 24 nitrogen and oxygen atoms in total. The number of ether oxygens (including phenoxy) is 5. The zero-order chi connectivity index (χ0) is 69.4. The maximum Gasteiger partial charge on any atom is 0.309 e. The number of rotatable bonds is 22. The van der Waals surface area contributed by atoms with Crippen molar-refractivity contribution in [3.63, 3.8) is 0 Å². The number of carbonyl (C=O) groups is 6. The number of aliphatic hydroxyl groups is 2. The number of nitriles is 1. The molecule has 6 fully saturated rings. The molecule has 26 heteroatoms. The quantitative estimate of drug-likeness (QED) is 0.0317. The summed E-state index contributed by atoms with van der Waals surface area (Å²) in [5.74, 6) is -0.531. The van der Waals surface area contributed by atoms with Gasteiger partial charge in [-0.15, -0.1) is 0 Å². The first-order valence-electron chi connectivity index (χ1n) is 33.1. The number of benzene rings is 4. The van der Waals surface area contributed by atoms with Gasteiger partial charge >= 0.3 is 5.97 Å². The number of nitrogens with zero attached hydrogens (tertiary/aromatic N) is 5. The van der Waals surface area contributed by atoms with Gasteiger partial charge in [-0.1, -0.05) is 36.4 Å². The summed E-state index contributed by atoms with van der Waals surface area (Å²) in [6.45, 7) is 3.36. The fourth-order valence-corrected chi connectivity index (χ4v) is 11.8. The van der Waals surface area contributed by atoms with Crippen LogP contribution in [0, 0.1) is 40.9 Å². The van der Waals surface area contributed by atoms with Gasteiger partial charge in [-0.25, -0.2) is 13.8 Å². The number of alkyl halides is 2. The minimum absolute atomic E-state index is 0.0361. The minimum atomic E-state index is -1.38. The number of hydrogen-bond acceptors (Lipinski definition) is 19. The van der Waals surface area contributed by atoms with Crippen LogP contribution in [0.5, 0.6) is 17.2 Å². The van der Waals surface area contributed by atoms with Gasteiger partial charge in [-0.05, 0) is 122 Å². The SMILES string of the molecule is CCOC(=O)[C@@H]1C[C@H]1C(=O)Nc1cc(-c2ccc(OC3CCOCC3)c(CN)c2)ccn1.N#CC1CC1C(=O)Nc1cccc(-c2ccc(O[C@H]3CCN(C(=O)CO)C[C@H]3F)c(CN)c2)c1.NCc1cc(-c2cccc(NC(=O)C3CC3)c2)ncc1O[C@H]1CCN(C(=O)CO)C[C@H]1F. The summed E-state index contributed by atoms with van der Waals surface area (Å²) in [6.07, 6.45) is 4.48. The normalized spacial score (nSPS) is 21.6. The molecule has 4 aromatic carbocycles. The Hall–Kier alpha value is -9.49. The van der Waals surface area contributed by atoms with E-state index in [1.165, 1.54) is 16.0 Å². The number of nitrogens with two attached hydrogens (primary N) is 3. The van der Waals surface area contributed by atoms with Crippen molar-refractivity contribution in [1.82, 2.24) is 19.8 Å². The number of halogens is 2. The Kier molecular flexibility index (Phi) is 24.5. The van der Waals surface area contributed by atoms with E-state index in [0.717, 1.165) is 64.8 Å². The lowest BCUT2D eigenvalue weighted by molar-refractivity contribution is -0.145. The fraction of sp³-hybridized carbons (Fsp3) is 0.431. The zero-order valence-electron chi connectivity index (χ0n) is 54.5. The third-order valence-electron chi connectivity index (χ3n) is 17.9. The van der Waals surface area contributed by atoms with Gasteiger partial charge in [0.15, 0.2) is 12.3 Å². The lowest BCUT2D eigenvalue weighted by Gasteiger charge is -2.34. The number of hydrogen-bond donors (Lipinski definition) is 8. The molecule has 8 atom stereocenters. The molecule has 6 aliphatic rings. The van der Waals surface area contributed by atoms with Crippen molar-refractivity contribution in [2.45, 2.75) is 109 Å². The molecule has 11 N–H and O–H groups in total. The van der Waals surface area contributed by atoms with Crippen LogP contribution >= 0.6 is 0 Å². The van der Waals surface area contributed by atoms with E-state index in [-0.39, 0.29) is 85.6 Å². The molecule has 518 valence electrons. The summed E-state index contributed by atoms with van der Waals surface area (Å²) in [7, 11) is 0. The van der Waals surface area contributed by atoms with E-state index in [1.54, 1.807) is 31.3 Å². The summed E-state index contributed by atoms with van der Waals surface area (Å²) in [6, 6.07) is 33.8. The second kappa shape index (κ2) is 33.6. The predicted molar refractivity (Wildman–Crippen MR) is 359 cm³/mol. The van der Waals surface area contributed by atoms with Gasteiger partial charge in [0.1, 0.15) is 54.6 Å². The molecule has 5 heterocycles. The van der Waals surface area contributed by atoms with Crippen LogP contribution in [0.1, 0.15) is 75.0 Å². The molecule has 2 aromatic heterocycles. The molecule has 0 radical (unpaired) electrons. The fourth-order valence-electron chi connectivity index (χ4n) is 11.8. The molecule has 0 spiro atoms. The van der Waals surface area contributed by atoms with E-state index >= 15 is 0 Å². The molecular weight excluding hydrogens is 1260 g/mol. The largest absolute Gasteiger partial charge is 0.490 e. The van der Waals surface area contributed by atoms with E-state index < -0.39 is 49.6 Å². The Morgan fingerprint density at radius 3 is 1.70 bits per heavy atom. The van der Waals surface area contributed by atoms with Gasteiger partial charge in [0.05, 0.1) is 74.5 Å². The van der Waals surface area contributed by atoms with Crippen molar-refractivity contribution in [2.24, 2.45) is 46.8 Å². The summed E-state index contributed by atoms with van der Waals surface area (Å²) in [5, 5.41) is 35.5. The summed E-state index contributed by atoms with van der Waals surface area (Å²) >= 11 is 0. The maximum atomic E-state index is 14.6. The van der Waals surface area contributed by atoms with Crippen molar-refractivity contribution in [2.75, 3.05) is 75.2 Å². The van der Waals surface area contributed by atoms with E-state index in [2.05, 4.69) is 32.0 Å². The van der Waals surface area contributed by atoms with E-state index in [1.807, 2.05) is 84.9 Å². The first-order chi connectivity index (χ1) is 47.5. The van der Waals surface area contributed by atoms with Crippen LogP contribution in [0.4, 0.5) is 26.0 Å². The van der Waals surface area contributed by atoms with Crippen LogP contribution in [-0.2, 0) is 57.9 Å². The van der Waals surface area contributed by atoms with Gasteiger partial charge in [0, 0.05) is 104 Å². The second-order valence-corrected chi connectivity index (χ2v) is 24.9. The van der Waals surface area contributed by atoms with E-state index in [9.17, 15) is 37.5 Å². The van der Waals surface area contributed by atoms with E-state index in [4.69, 9.17) is 56.4 Å². The van der Waals surface area contributed by atoms with Gasteiger partial charge in [-0.3, -0.25) is 33.8 Å². The van der Waals surface area contributed by atoms with Crippen LogP contribution in [0.3, 0.4) is 0 Å². The number of piperidine rings is 2. The molecule has 0 bridgehead atoms. The number of anilines is 3. The molecule has 6 aromatic rings. The number of amides is 5. The summed E-state index contributed by atoms with van der Waals surface area (Å²) in [5.41, 5.74) is 26.6. The first kappa shape index (κ1) is 71.3. The monoisotopic (exact) mass is 1350 g/mol. The lowest BCUT2D eigenvalue weighted by atomic mass is 10.0. The van der Waals surface area contributed by atoms with Gasteiger partial charge in [0.2, 0.25) is 29.5 Å². The van der Waals surface area contributed by atoms with E-state index in [0.29, 0.717) is 111 Å². The smallest absolute Gasteiger partial charge is 0.309 e. The van der Waals surface area contributed by atoms with Crippen LogP contribution in [0.2, 0.25) is 0 Å². The number of pyridine rings is 2. The molecule has 3 aliphatic carbocycles. The van der Waals surface area contributed by atoms with Crippen LogP contribution in [0.15, 0.2) is 116 Å². The van der Waals surface area contributed by atoms with Gasteiger partial charge < -0.3 is 76.8 Å². The standard InChI is InChI=1S/C25H27FN4O4.C24H29N3O5.C23H27FN4O4/c26-21-13-30(24(32)14-31)7-6-23(21)34-22-5-4-16(8-18(22)12-28)15-2-1-3-19(9-15)29-25(33)20-10-17(20)11-27;1-2-31-24(29)20-13-19(20)23(28)27-22-12-16(5-8-26-22)15-3-4-21(17(11-15)14-25)32-18-6-9-30-10-7-18;24-18-12-28(22(30)13-29)7-6-20(18)32-21-11-26-19(9-16(21)10-25)15-2-1-3-17(8-15)27-23(31)14-4-5-14/h1-5,8-9,17,20-21,23,31H,6-7,10,12-14,28H2,(H,29,33);3-5,8,11-12,18-20H,2,6-7,9-10,13-14,25H2,1H3,(H,26,27,28);1-3,8-9,11,14,18,20,29H,4-7,10,12-13,25H2,(H,27,31)/t17?,20?,21-,23+;19-,20-;18-,20+/m111/s1. The Bertz CT molecular complexity index is 3870. The highest BCUT2D eigenvalue weighted by atomic mass is 19.1. The number of nitrogens with one attached hydrogen (secondary N) is 3. The van der Waals surface area contributed by atoms with Crippen molar-refractivity contribution >= 4 is 52.7 Å².